The van der Waals surface area contributed by atoms with Crippen LogP contribution in [0.3, 0.4) is 0 Å². The van der Waals surface area contributed by atoms with Gasteiger partial charge in [0.25, 0.3) is 5.69 Å². The fourth-order valence-corrected chi connectivity index (χ4v) is 1.36. The van der Waals surface area contributed by atoms with Crippen molar-refractivity contribution in [1.29, 1.82) is 5.26 Å². The molecule has 1 aromatic carbocycles. The molecule has 0 amide bonds. The lowest BCUT2D eigenvalue weighted by Crippen LogP contribution is -2.23. The maximum Gasteiger partial charge on any atom is 0.270 e. The second kappa shape index (κ2) is 5.82. The Bertz CT molecular complexity index is 450. The molecule has 90 valence electrons. The van der Waals surface area contributed by atoms with E-state index in [0.29, 0.717) is 12.1 Å². The van der Waals surface area contributed by atoms with Gasteiger partial charge in [-0.25, -0.2) is 0 Å². The number of nitro groups is 1. The highest BCUT2D eigenvalue weighted by Crippen LogP contribution is 2.22. The van der Waals surface area contributed by atoms with Crippen molar-refractivity contribution in [2.75, 3.05) is 11.9 Å². The molecule has 0 spiro atoms. The lowest BCUT2D eigenvalue weighted by atomic mass is 10.1. The number of nitro benzene ring substituents is 1. The molecule has 1 atom stereocenters. The first kappa shape index (κ1) is 12.9. The molecule has 0 bridgehead atoms. The Kier molecular flexibility index (Phi) is 4.43. The standard InChI is InChI=1S/C11H13N3O3/c1-2-9(7-15)13-11-4-3-10(14(16)17)5-8(11)6-12/h3-5,9,13,15H,2,7H2,1H3/t9-/m0/s1. The number of aliphatic hydroxyl groups is 1. The van der Waals surface area contributed by atoms with Gasteiger partial charge in [-0.15, -0.1) is 0 Å². The van der Waals surface area contributed by atoms with Crippen LogP contribution in [0.5, 0.6) is 0 Å². The van der Waals surface area contributed by atoms with Crippen LogP contribution in [0.2, 0.25) is 0 Å². The van der Waals surface area contributed by atoms with Crippen LogP contribution in [-0.4, -0.2) is 22.7 Å². The molecule has 6 nitrogen and oxygen atoms in total. The normalized spacial score (nSPS) is 11.6. The molecule has 0 saturated heterocycles. The number of aliphatic hydroxyl groups excluding tert-OH is 1. The van der Waals surface area contributed by atoms with E-state index in [4.69, 9.17) is 10.4 Å². The second-order valence-corrected chi connectivity index (χ2v) is 3.53. The Hall–Kier alpha value is -2.13. The Morgan fingerprint density at radius 1 is 1.65 bits per heavy atom. The number of rotatable bonds is 5. The quantitative estimate of drug-likeness (QED) is 0.597. The Balaban J connectivity index is 3.01. The summed E-state index contributed by atoms with van der Waals surface area (Å²) in [6.45, 7) is 1.84. The van der Waals surface area contributed by atoms with Crippen molar-refractivity contribution in [2.45, 2.75) is 19.4 Å². The summed E-state index contributed by atoms with van der Waals surface area (Å²) < 4.78 is 0. The first-order valence-corrected chi connectivity index (χ1v) is 5.18. The fraction of sp³-hybridized carbons (Fsp3) is 0.364. The molecular formula is C11H13N3O3. The SMILES string of the molecule is CC[C@@H](CO)Nc1ccc([N+](=O)[O-])cc1C#N. The molecule has 0 aliphatic heterocycles. The Labute approximate surface area is 98.6 Å². The summed E-state index contributed by atoms with van der Waals surface area (Å²) in [5.41, 5.74) is 0.578. The van der Waals surface area contributed by atoms with Gasteiger partial charge in [-0.3, -0.25) is 10.1 Å². The topological polar surface area (TPSA) is 99.2 Å². The van der Waals surface area contributed by atoms with Crippen LogP contribution in [0, 0.1) is 21.4 Å². The van der Waals surface area contributed by atoms with E-state index in [2.05, 4.69) is 5.32 Å². The van der Waals surface area contributed by atoms with Gasteiger partial charge in [-0.2, -0.15) is 5.26 Å². The maximum absolute atomic E-state index is 10.6. The van der Waals surface area contributed by atoms with Gasteiger partial charge in [-0.1, -0.05) is 6.92 Å². The summed E-state index contributed by atoms with van der Waals surface area (Å²) >= 11 is 0. The third kappa shape index (κ3) is 3.16. The second-order valence-electron chi connectivity index (χ2n) is 3.53. The average Bonchev–Trinajstić information content (AvgIpc) is 2.35. The van der Waals surface area contributed by atoms with Gasteiger partial charge in [-0.05, 0) is 12.5 Å². The minimum Gasteiger partial charge on any atom is -0.394 e. The van der Waals surface area contributed by atoms with Crippen molar-refractivity contribution in [2.24, 2.45) is 0 Å². The van der Waals surface area contributed by atoms with E-state index < -0.39 is 4.92 Å². The lowest BCUT2D eigenvalue weighted by Gasteiger charge is -2.16. The van der Waals surface area contributed by atoms with Gasteiger partial charge < -0.3 is 10.4 Å². The molecule has 0 aliphatic carbocycles. The predicted octanol–water partition coefficient (Wildman–Crippen LogP) is 1.65. The summed E-state index contributed by atoms with van der Waals surface area (Å²) in [7, 11) is 0. The molecule has 6 heteroatoms. The lowest BCUT2D eigenvalue weighted by molar-refractivity contribution is -0.384. The summed E-state index contributed by atoms with van der Waals surface area (Å²) in [5, 5.41) is 31.5. The minimum atomic E-state index is -0.548. The van der Waals surface area contributed by atoms with Crippen LogP contribution in [-0.2, 0) is 0 Å². The van der Waals surface area contributed by atoms with Gasteiger partial charge in [0.15, 0.2) is 0 Å². The van der Waals surface area contributed by atoms with Crippen LogP contribution in [0.4, 0.5) is 11.4 Å². The van der Waals surface area contributed by atoms with Crippen molar-refractivity contribution in [3.63, 3.8) is 0 Å². The monoisotopic (exact) mass is 235 g/mol. The molecule has 0 aliphatic rings. The largest absolute Gasteiger partial charge is 0.394 e. The van der Waals surface area contributed by atoms with Gasteiger partial charge in [0, 0.05) is 18.2 Å². The van der Waals surface area contributed by atoms with E-state index in [0.717, 1.165) is 0 Å². The highest BCUT2D eigenvalue weighted by molar-refractivity contribution is 5.61. The van der Waals surface area contributed by atoms with E-state index in [1.165, 1.54) is 18.2 Å². The summed E-state index contributed by atoms with van der Waals surface area (Å²) in [4.78, 5) is 10.0. The molecule has 0 aromatic heterocycles. The zero-order chi connectivity index (χ0) is 12.8. The van der Waals surface area contributed by atoms with Gasteiger partial charge in [0.05, 0.1) is 22.8 Å². The molecule has 1 aromatic rings. The zero-order valence-corrected chi connectivity index (χ0v) is 9.38. The fourth-order valence-electron chi connectivity index (χ4n) is 1.36. The van der Waals surface area contributed by atoms with Crippen LogP contribution in [0.15, 0.2) is 18.2 Å². The molecule has 0 heterocycles. The summed E-state index contributed by atoms with van der Waals surface area (Å²) in [6.07, 6.45) is 0.693. The van der Waals surface area contributed by atoms with Crippen LogP contribution in [0.1, 0.15) is 18.9 Å². The number of hydrogen-bond donors (Lipinski definition) is 2. The van der Waals surface area contributed by atoms with E-state index in [-0.39, 0.29) is 23.9 Å². The van der Waals surface area contributed by atoms with Crippen molar-refractivity contribution in [3.05, 3.63) is 33.9 Å². The van der Waals surface area contributed by atoms with Crippen molar-refractivity contribution in [3.8, 4) is 6.07 Å². The molecule has 0 saturated carbocycles. The molecule has 0 fully saturated rings. The number of hydrogen-bond acceptors (Lipinski definition) is 5. The van der Waals surface area contributed by atoms with Gasteiger partial charge in [0.1, 0.15) is 6.07 Å². The molecule has 17 heavy (non-hydrogen) atoms. The number of non-ortho nitro benzene ring substituents is 1. The number of benzene rings is 1. The smallest absolute Gasteiger partial charge is 0.270 e. The third-order valence-corrected chi connectivity index (χ3v) is 2.41. The number of anilines is 1. The van der Waals surface area contributed by atoms with E-state index >= 15 is 0 Å². The minimum absolute atomic E-state index is 0.0572. The summed E-state index contributed by atoms with van der Waals surface area (Å²) in [6, 6.07) is 5.75. The number of nitrogens with one attached hydrogen (secondary N) is 1. The van der Waals surface area contributed by atoms with E-state index in [1.54, 1.807) is 0 Å². The van der Waals surface area contributed by atoms with Crippen LogP contribution < -0.4 is 5.32 Å². The molecule has 0 radical (unpaired) electrons. The van der Waals surface area contributed by atoms with Crippen LogP contribution in [0.25, 0.3) is 0 Å². The molecule has 0 unspecified atom stereocenters. The molecular weight excluding hydrogens is 222 g/mol. The number of nitrogens with zero attached hydrogens (tertiary/aromatic N) is 2. The Morgan fingerprint density at radius 3 is 2.82 bits per heavy atom. The maximum atomic E-state index is 10.6. The first-order valence-electron chi connectivity index (χ1n) is 5.18. The van der Waals surface area contributed by atoms with Crippen LogP contribution >= 0.6 is 0 Å². The van der Waals surface area contributed by atoms with Gasteiger partial charge in [0.2, 0.25) is 0 Å². The predicted molar refractivity (Wildman–Crippen MR) is 62.6 cm³/mol. The highest BCUT2D eigenvalue weighted by Gasteiger charge is 2.12. The highest BCUT2D eigenvalue weighted by atomic mass is 16.6. The van der Waals surface area contributed by atoms with Gasteiger partial charge >= 0.3 is 0 Å². The zero-order valence-electron chi connectivity index (χ0n) is 9.38. The summed E-state index contributed by atoms with van der Waals surface area (Å²) in [5.74, 6) is 0. The molecule has 2 N–H and O–H groups in total. The van der Waals surface area contributed by atoms with Crippen molar-refractivity contribution in [1.82, 2.24) is 0 Å². The Morgan fingerprint density at radius 2 is 2.35 bits per heavy atom. The van der Waals surface area contributed by atoms with Crippen molar-refractivity contribution >= 4 is 11.4 Å². The average molecular weight is 235 g/mol. The van der Waals surface area contributed by atoms with Crippen molar-refractivity contribution < 1.29 is 10.0 Å². The molecule has 1 rings (SSSR count). The third-order valence-electron chi connectivity index (χ3n) is 2.41. The number of nitriles is 1. The first-order chi connectivity index (χ1) is 8.12. The van der Waals surface area contributed by atoms with E-state index in [1.807, 2.05) is 13.0 Å². The van der Waals surface area contributed by atoms with E-state index in [9.17, 15) is 10.1 Å².